The van der Waals surface area contributed by atoms with E-state index in [1.807, 2.05) is 0 Å². The molecule has 1 heterocycles. The summed E-state index contributed by atoms with van der Waals surface area (Å²) in [6, 6.07) is 7.99. The van der Waals surface area contributed by atoms with E-state index in [2.05, 4.69) is 4.98 Å². The Balaban J connectivity index is 2.40. The molecule has 0 unspecified atom stereocenters. The number of benzene rings is 2. The Hall–Kier alpha value is -1.22. The average Bonchev–Trinajstić information content (AvgIpc) is 2.87. The van der Waals surface area contributed by atoms with Crippen molar-refractivity contribution in [2.45, 2.75) is 0 Å². The summed E-state index contributed by atoms with van der Waals surface area (Å²) in [5.74, 6) is -0.297. The minimum atomic E-state index is -0.297. The zero-order valence-electron chi connectivity index (χ0n) is 9.48. The molecule has 0 saturated heterocycles. The van der Waals surface area contributed by atoms with Crippen molar-refractivity contribution >= 4 is 45.7 Å². The van der Waals surface area contributed by atoms with Gasteiger partial charge in [0, 0.05) is 22.7 Å². The smallest absolute Gasteiger partial charge is 0.132 e. The Bertz CT molecular complexity index is 780. The van der Waals surface area contributed by atoms with Crippen LogP contribution in [0.4, 0.5) is 4.39 Å². The Labute approximate surface area is 123 Å². The lowest BCUT2D eigenvalue weighted by molar-refractivity contribution is 0.640. The van der Waals surface area contributed by atoms with Crippen LogP contribution in [0.15, 0.2) is 36.5 Å². The van der Waals surface area contributed by atoms with Crippen molar-refractivity contribution < 1.29 is 4.39 Å². The first kappa shape index (κ1) is 12.8. The van der Waals surface area contributed by atoms with Gasteiger partial charge in [-0.1, -0.05) is 34.8 Å². The second-order valence-corrected chi connectivity index (χ2v) is 5.27. The maximum absolute atomic E-state index is 13.7. The molecule has 5 heteroatoms. The van der Waals surface area contributed by atoms with E-state index in [9.17, 15) is 4.39 Å². The predicted molar refractivity (Wildman–Crippen MR) is 78.7 cm³/mol. The molecule has 3 aromatic rings. The van der Waals surface area contributed by atoms with Crippen LogP contribution in [0.2, 0.25) is 15.1 Å². The lowest BCUT2D eigenvalue weighted by Gasteiger charge is -2.10. The third-order valence-corrected chi connectivity index (χ3v) is 4.10. The van der Waals surface area contributed by atoms with E-state index < -0.39 is 0 Å². The fourth-order valence-electron chi connectivity index (χ4n) is 2.10. The normalized spacial score (nSPS) is 11.2. The molecule has 1 aromatic heterocycles. The van der Waals surface area contributed by atoms with Crippen molar-refractivity contribution in [1.29, 1.82) is 0 Å². The fraction of sp³-hybridized carbons (Fsp3) is 0. The molecule has 19 heavy (non-hydrogen) atoms. The number of hydrogen-bond donors (Lipinski definition) is 1. The number of aromatic nitrogens is 1. The molecule has 0 atom stereocenters. The lowest BCUT2D eigenvalue weighted by Crippen LogP contribution is -1.87. The van der Waals surface area contributed by atoms with Gasteiger partial charge in [-0.05, 0) is 30.3 Å². The molecule has 0 aliphatic carbocycles. The highest BCUT2D eigenvalue weighted by Gasteiger charge is 2.16. The predicted octanol–water partition coefficient (Wildman–Crippen LogP) is 5.93. The summed E-state index contributed by atoms with van der Waals surface area (Å²) in [7, 11) is 0. The summed E-state index contributed by atoms with van der Waals surface area (Å²) >= 11 is 18.4. The summed E-state index contributed by atoms with van der Waals surface area (Å²) in [4.78, 5) is 3.00. The number of rotatable bonds is 1. The van der Waals surface area contributed by atoms with E-state index in [0.717, 1.165) is 5.56 Å². The molecule has 0 radical (unpaired) electrons. The van der Waals surface area contributed by atoms with Crippen molar-refractivity contribution in [1.82, 2.24) is 4.98 Å². The van der Waals surface area contributed by atoms with E-state index in [4.69, 9.17) is 34.8 Å². The van der Waals surface area contributed by atoms with Crippen LogP contribution < -0.4 is 0 Å². The van der Waals surface area contributed by atoms with Crippen LogP contribution in [0.1, 0.15) is 0 Å². The Kier molecular flexibility index (Phi) is 3.17. The van der Waals surface area contributed by atoms with Crippen molar-refractivity contribution in [3.8, 4) is 11.1 Å². The van der Waals surface area contributed by atoms with Gasteiger partial charge in [0.15, 0.2) is 0 Å². The molecule has 0 aliphatic rings. The Morgan fingerprint density at radius 3 is 2.42 bits per heavy atom. The van der Waals surface area contributed by atoms with Crippen LogP contribution >= 0.6 is 34.8 Å². The molecule has 0 amide bonds. The molecular formula is C14H7Cl3FN. The van der Waals surface area contributed by atoms with Gasteiger partial charge < -0.3 is 4.98 Å². The summed E-state index contributed by atoms with van der Waals surface area (Å²) in [6.07, 6.45) is 1.67. The molecule has 96 valence electrons. The maximum Gasteiger partial charge on any atom is 0.132 e. The van der Waals surface area contributed by atoms with Crippen LogP contribution in [0.25, 0.3) is 22.0 Å². The first-order chi connectivity index (χ1) is 9.09. The minimum absolute atomic E-state index is 0.297. The van der Waals surface area contributed by atoms with Gasteiger partial charge >= 0.3 is 0 Å². The molecule has 2 aromatic carbocycles. The van der Waals surface area contributed by atoms with Crippen LogP contribution in [-0.2, 0) is 0 Å². The zero-order chi connectivity index (χ0) is 13.6. The highest BCUT2D eigenvalue weighted by atomic mass is 35.5. The summed E-state index contributed by atoms with van der Waals surface area (Å²) < 4.78 is 13.7. The molecule has 1 nitrogen and oxygen atoms in total. The van der Waals surface area contributed by atoms with E-state index in [1.165, 1.54) is 6.07 Å². The highest BCUT2D eigenvalue weighted by molar-refractivity contribution is 6.46. The van der Waals surface area contributed by atoms with Gasteiger partial charge in [-0.25, -0.2) is 4.39 Å². The molecule has 0 bridgehead atoms. The lowest BCUT2D eigenvalue weighted by atomic mass is 10.0. The maximum atomic E-state index is 13.7. The van der Waals surface area contributed by atoms with Gasteiger partial charge in [-0.2, -0.15) is 0 Å². The van der Waals surface area contributed by atoms with Gasteiger partial charge in [0.2, 0.25) is 0 Å². The van der Waals surface area contributed by atoms with Crippen LogP contribution in [-0.4, -0.2) is 4.98 Å². The van der Waals surface area contributed by atoms with Crippen molar-refractivity contribution in [3.63, 3.8) is 0 Å². The van der Waals surface area contributed by atoms with Crippen LogP contribution in [0.3, 0.4) is 0 Å². The number of hydrogen-bond acceptors (Lipinski definition) is 0. The van der Waals surface area contributed by atoms with Gasteiger partial charge in [-0.15, -0.1) is 0 Å². The molecular weight excluding hydrogens is 308 g/mol. The van der Waals surface area contributed by atoms with Gasteiger partial charge in [-0.3, -0.25) is 0 Å². The summed E-state index contributed by atoms with van der Waals surface area (Å²) in [5, 5.41) is 1.73. The second-order valence-electron chi connectivity index (χ2n) is 4.08. The Morgan fingerprint density at radius 2 is 1.63 bits per heavy atom. The summed E-state index contributed by atoms with van der Waals surface area (Å²) in [5.41, 5.74) is 1.97. The largest absolute Gasteiger partial charge is 0.361 e. The molecule has 0 saturated carbocycles. The topological polar surface area (TPSA) is 15.8 Å². The van der Waals surface area contributed by atoms with E-state index in [-0.39, 0.29) is 5.82 Å². The Morgan fingerprint density at radius 1 is 0.895 bits per heavy atom. The van der Waals surface area contributed by atoms with Crippen molar-refractivity contribution in [2.24, 2.45) is 0 Å². The third-order valence-electron chi connectivity index (χ3n) is 2.98. The van der Waals surface area contributed by atoms with E-state index in [1.54, 1.807) is 30.5 Å². The number of fused-ring (bicyclic) bond motifs is 1. The molecule has 0 aliphatic heterocycles. The molecule has 1 N–H and O–H groups in total. The molecule has 0 spiro atoms. The van der Waals surface area contributed by atoms with Gasteiger partial charge in [0.05, 0.1) is 20.6 Å². The monoisotopic (exact) mass is 313 g/mol. The minimum Gasteiger partial charge on any atom is -0.361 e. The summed E-state index contributed by atoms with van der Waals surface area (Å²) in [6.45, 7) is 0. The first-order valence-electron chi connectivity index (χ1n) is 5.49. The fourth-order valence-corrected chi connectivity index (χ4v) is 2.83. The molecule has 0 fully saturated rings. The van der Waals surface area contributed by atoms with Crippen molar-refractivity contribution in [3.05, 3.63) is 57.4 Å². The standard InChI is InChI=1S/C14H7Cl3FN/c15-9-2-3-10(16)13(17)12(9)8-1-4-11(18)7-5-6-19-14(7)8/h1-6,19H. The van der Waals surface area contributed by atoms with Crippen LogP contribution in [0.5, 0.6) is 0 Å². The number of nitrogens with one attached hydrogen (secondary N) is 1. The second kappa shape index (κ2) is 4.71. The van der Waals surface area contributed by atoms with E-state index >= 15 is 0 Å². The first-order valence-corrected chi connectivity index (χ1v) is 6.62. The van der Waals surface area contributed by atoms with Gasteiger partial charge in [0.1, 0.15) is 5.82 Å². The van der Waals surface area contributed by atoms with Gasteiger partial charge in [0.25, 0.3) is 0 Å². The molecule has 3 rings (SSSR count). The van der Waals surface area contributed by atoms with Crippen LogP contribution in [0, 0.1) is 5.82 Å². The number of halogens is 4. The number of aromatic amines is 1. The van der Waals surface area contributed by atoms with Crippen molar-refractivity contribution in [2.75, 3.05) is 0 Å². The highest BCUT2D eigenvalue weighted by Crippen LogP contribution is 2.41. The zero-order valence-corrected chi connectivity index (χ0v) is 11.7. The van der Waals surface area contributed by atoms with E-state index in [0.29, 0.717) is 31.5 Å². The number of H-pyrrole nitrogens is 1. The SMILES string of the molecule is Fc1ccc(-c2c(Cl)ccc(Cl)c2Cl)c2[nH]ccc12. The quantitative estimate of drug-likeness (QED) is 0.535. The average molecular weight is 315 g/mol. The third kappa shape index (κ3) is 2.00.